The molecule has 0 bridgehead atoms. The highest BCUT2D eigenvalue weighted by atomic mass is 16.9. The van der Waals surface area contributed by atoms with Gasteiger partial charge in [-0.25, -0.2) is 0 Å². The molecule has 0 saturated carbocycles. The monoisotopic (exact) mass is 344 g/mol. The fourth-order valence-corrected chi connectivity index (χ4v) is 3.23. The van der Waals surface area contributed by atoms with Crippen molar-refractivity contribution >= 4 is 5.78 Å². The zero-order chi connectivity index (χ0) is 18.3. The largest absolute Gasteiger partial charge is 0.356 e. The molecule has 24 heavy (non-hydrogen) atoms. The number of carbonyl (C=O) groups excluding carboxylic acids is 1. The Morgan fingerprint density at radius 3 is 1.67 bits per heavy atom. The first-order chi connectivity index (χ1) is 11.4. The van der Waals surface area contributed by atoms with Gasteiger partial charge < -0.3 is 19.8 Å². The molecule has 0 amide bonds. The maximum atomic E-state index is 11.3. The Bertz CT molecular complexity index is 334. The molecule has 0 radical (unpaired) electrons. The molecule has 0 aromatic rings. The quantitative estimate of drug-likeness (QED) is 0.239. The summed E-state index contributed by atoms with van der Waals surface area (Å²) in [5, 5.41) is 14.8. The minimum Gasteiger partial charge on any atom is -0.356 e. The van der Waals surface area contributed by atoms with E-state index in [4.69, 9.17) is 15.3 Å². The summed E-state index contributed by atoms with van der Waals surface area (Å²) in [4.78, 5) is 19.5. The summed E-state index contributed by atoms with van der Waals surface area (Å²) >= 11 is 0. The van der Waals surface area contributed by atoms with Gasteiger partial charge in [0, 0.05) is 0 Å². The van der Waals surface area contributed by atoms with Crippen molar-refractivity contribution in [1.29, 1.82) is 0 Å². The maximum Gasteiger partial charge on any atom is 0.144 e. The van der Waals surface area contributed by atoms with Crippen LogP contribution in [0.2, 0.25) is 0 Å². The SMILES string of the molecule is CCCCCCCCCCCC[N+]1(C)CCC(=O)CC1.O=[N+]([O-])[O-]. The fraction of sp³-hybridized carbons (Fsp3) is 0.944. The van der Waals surface area contributed by atoms with Gasteiger partial charge in [-0.05, 0) is 12.8 Å². The highest BCUT2D eigenvalue weighted by molar-refractivity contribution is 5.78. The van der Waals surface area contributed by atoms with E-state index in [1.807, 2.05) is 0 Å². The van der Waals surface area contributed by atoms with Gasteiger partial charge in [-0.15, -0.1) is 0 Å². The van der Waals surface area contributed by atoms with E-state index < -0.39 is 5.09 Å². The number of ketones is 1. The Balaban J connectivity index is 0.00000118. The maximum absolute atomic E-state index is 11.3. The zero-order valence-electron chi connectivity index (χ0n) is 15.6. The van der Waals surface area contributed by atoms with Gasteiger partial charge in [0.2, 0.25) is 0 Å². The van der Waals surface area contributed by atoms with Crippen molar-refractivity contribution in [3.05, 3.63) is 15.3 Å². The van der Waals surface area contributed by atoms with Crippen molar-refractivity contribution in [3.8, 4) is 0 Å². The number of likely N-dealkylation sites (tertiary alicyclic amines) is 1. The Morgan fingerprint density at radius 1 is 0.875 bits per heavy atom. The predicted molar refractivity (Wildman–Crippen MR) is 97.2 cm³/mol. The molecular weight excluding hydrogens is 308 g/mol. The Kier molecular flexibility index (Phi) is 13.5. The van der Waals surface area contributed by atoms with Crippen LogP contribution >= 0.6 is 0 Å². The molecule has 6 nitrogen and oxygen atoms in total. The van der Waals surface area contributed by atoms with Crippen molar-refractivity contribution in [1.82, 2.24) is 0 Å². The van der Waals surface area contributed by atoms with Crippen LogP contribution < -0.4 is 0 Å². The summed E-state index contributed by atoms with van der Waals surface area (Å²) in [6.45, 7) is 5.72. The third kappa shape index (κ3) is 14.4. The third-order valence-electron chi connectivity index (χ3n) is 4.91. The third-order valence-corrected chi connectivity index (χ3v) is 4.91. The first kappa shape index (κ1) is 22.8. The highest BCUT2D eigenvalue weighted by Crippen LogP contribution is 2.16. The number of carbonyl (C=O) groups is 1. The fourth-order valence-electron chi connectivity index (χ4n) is 3.23. The molecule has 1 aliphatic heterocycles. The molecule has 1 aliphatic rings. The number of hydrogen-bond acceptors (Lipinski definition) is 4. The van der Waals surface area contributed by atoms with E-state index >= 15 is 0 Å². The number of rotatable bonds is 11. The molecule has 6 heteroatoms. The van der Waals surface area contributed by atoms with Crippen LogP contribution in [0.4, 0.5) is 0 Å². The standard InChI is InChI=1S/C18H36NO.NO3/c1-3-4-5-6-7-8-9-10-11-12-15-19(2)16-13-18(20)14-17-19;2-1(3)4/h3-17H2,1-2H3;/q+1;-1. The number of unbranched alkanes of at least 4 members (excludes halogenated alkanes) is 9. The van der Waals surface area contributed by atoms with Crippen LogP contribution in [-0.2, 0) is 4.79 Å². The Morgan fingerprint density at radius 2 is 1.25 bits per heavy atom. The predicted octanol–water partition coefficient (Wildman–Crippen LogP) is 4.48. The van der Waals surface area contributed by atoms with Gasteiger partial charge in [0.25, 0.3) is 0 Å². The lowest BCUT2D eigenvalue weighted by molar-refractivity contribution is -0.911. The van der Waals surface area contributed by atoms with Crippen molar-refractivity contribution in [2.24, 2.45) is 0 Å². The lowest BCUT2D eigenvalue weighted by Crippen LogP contribution is -2.50. The molecule has 1 rings (SSSR count). The van der Waals surface area contributed by atoms with E-state index in [0.29, 0.717) is 5.78 Å². The average Bonchev–Trinajstić information content (AvgIpc) is 2.52. The second-order valence-electron chi connectivity index (χ2n) is 7.23. The number of nitrogens with zero attached hydrogens (tertiary/aromatic N) is 2. The number of piperidine rings is 1. The molecular formula is C18H36N2O4. The Hall–Kier alpha value is -1.17. The molecule has 0 atom stereocenters. The topological polar surface area (TPSA) is 83.3 Å². The molecule has 0 aliphatic carbocycles. The van der Waals surface area contributed by atoms with E-state index in [9.17, 15) is 4.79 Å². The summed E-state index contributed by atoms with van der Waals surface area (Å²) in [5.41, 5.74) is 0. The molecule has 0 unspecified atom stereocenters. The van der Waals surface area contributed by atoms with Gasteiger partial charge >= 0.3 is 0 Å². The van der Waals surface area contributed by atoms with Gasteiger partial charge in [-0.2, -0.15) is 0 Å². The lowest BCUT2D eigenvalue weighted by Gasteiger charge is -2.37. The number of quaternary nitrogens is 1. The summed E-state index contributed by atoms with van der Waals surface area (Å²) in [5.74, 6) is 0.476. The van der Waals surface area contributed by atoms with Crippen molar-refractivity contribution in [2.75, 3.05) is 26.7 Å². The normalized spacial score (nSPS) is 16.3. The summed E-state index contributed by atoms with van der Waals surface area (Å²) in [7, 11) is 2.33. The van der Waals surface area contributed by atoms with Crippen molar-refractivity contribution in [2.45, 2.75) is 84.0 Å². The minimum atomic E-state index is -1.75. The second kappa shape index (κ2) is 14.2. The second-order valence-corrected chi connectivity index (χ2v) is 7.23. The summed E-state index contributed by atoms with van der Waals surface area (Å²) in [6.07, 6.45) is 15.7. The number of Topliss-reactive ketones (excluding diaryl/α,β-unsaturated/α-hetero) is 1. The number of hydrogen-bond donors (Lipinski definition) is 0. The molecule has 1 fully saturated rings. The van der Waals surface area contributed by atoms with Crippen molar-refractivity contribution in [3.63, 3.8) is 0 Å². The molecule has 0 N–H and O–H groups in total. The van der Waals surface area contributed by atoms with Crippen LogP contribution in [0.25, 0.3) is 0 Å². The Labute approximate surface area is 146 Å². The highest BCUT2D eigenvalue weighted by Gasteiger charge is 2.27. The summed E-state index contributed by atoms with van der Waals surface area (Å²) in [6, 6.07) is 0. The molecule has 0 aromatic heterocycles. The van der Waals surface area contributed by atoms with Crippen LogP contribution in [0.3, 0.4) is 0 Å². The van der Waals surface area contributed by atoms with Gasteiger partial charge in [-0.3, -0.25) is 4.79 Å². The van der Waals surface area contributed by atoms with E-state index in [1.54, 1.807) is 0 Å². The zero-order valence-corrected chi connectivity index (χ0v) is 15.6. The molecule has 0 aromatic carbocycles. The minimum absolute atomic E-state index is 0.476. The summed E-state index contributed by atoms with van der Waals surface area (Å²) < 4.78 is 1.14. The van der Waals surface area contributed by atoms with Crippen LogP contribution in [-0.4, -0.2) is 42.0 Å². The molecule has 1 heterocycles. The van der Waals surface area contributed by atoms with Gasteiger partial charge in [-0.1, -0.05) is 58.3 Å². The van der Waals surface area contributed by atoms with Gasteiger partial charge in [0.05, 0.1) is 44.6 Å². The first-order valence-corrected chi connectivity index (χ1v) is 9.56. The van der Waals surface area contributed by atoms with E-state index in [2.05, 4.69) is 14.0 Å². The van der Waals surface area contributed by atoms with Gasteiger partial charge in [0.1, 0.15) is 5.78 Å². The van der Waals surface area contributed by atoms with E-state index in [1.165, 1.54) is 70.8 Å². The van der Waals surface area contributed by atoms with Crippen LogP contribution in [0.15, 0.2) is 0 Å². The molecule has 142 valence electrons. The van der Waals surface area contributed by atoms with Crippen LogP contribution in [0.1, 0.15) is 84.0 Å². The van der Waals surface area contributed by atoms with Crippen molar-refractivity contribution < 1.29 is 14.4 Å². The average molecular weight is 344 g/mol. The van der Waals surface area contributed by atoms with Crippen LogP contribution in [0.5, 0.6) is 0 Å². The first-order valence-electron chi connectivity index (χ1n) is 9.56. The molecule has 0 spiro atoms. The van der Waals surface area contributed by atoms with Crippen LogP contribution in [0, 0.1) is 15.3 Å². The smallest absolute Gasteiger partial charge is 0.144 e. The van der Waals surface area contributed by atoms with E-state index in [0.717, 1.165) is 30.4 Å². The molecule has 1 saturated heterocycles. The lowest BCUT2D eigenvalue weighted by atomic mass is 10.0. The van der Waals surface area contributed by atoms with Gasteiger partial charge in [0.15, 0.2) is 0 Å². The van der Waals surface area contributed by atoms with E-state index in [-0.39, 0.29) is 0 Å².